The van der Waals surface area contributed by atoms with Gasteiger partial charge in [0.25, 0.3) is 5.91 Å². The molecule has 7 heteroatoms. The van der Waals surface area contributed by atoms with E-state index < -0.39 is 0 Å². The maximum absolute atomic E-state index is 12.8. The number of fused-ring (bicyclic) bond motifs is 1. The van der Waals surface area contributed by atoms with Crippen LogP contribution in [-0.4, -0.2) is 62.4 Å². The van der Waals surface area contributed by atoms with E-state index in [1.807, 2.05) is 32.5 Å². The molecular formula is C18H23N5O2. The van der Waals surface area contributed by atoms with Gasteiger partial charge in [-0.15, -0.1) is 10.2 Å². The summed E-state index contributed by atoms with van der Waals surface area (Å²) in [7, 11) is 0. The van der Waals surface area contributed by atoms with Crippen molar-refractivity contribution in [2.24, 2.45) is 0 Å². The van der Waals surface area contributed by atoms with Crippen LogP contribution in [-0.2, 0) is 4.79 Å². The Balaban J connectivity index is 1.62. The number of amides is 2. The highest BCUT2D eigenvalue weighted by molar-refractivity contribution is 5.94. The molecule has 2 aromatic rings. The predicted molar refractivity (Wildman–Crippen MR) is 92.4 cm³/mol. The molecule has 7 nitrogen and oxygen atoms in total. The highest BCUT2D eigenvalue weighted by Gasteiger charge is 2.29. The largest absolute Gasteiger partial charge is 0.342 e. The molecule has 2 saturated heterocycles. The van der Waals surface area contributed by atoms with Crippen LogP contribution < -0.4 is 0 Å². The van der Waals surface area contributed by atoms with Crippen LogP contribution in [0.15, 0.2) is 18.3 Å². The minimum absolute atomic E-state index is 0.0815. The van der Waals surface area contributed by atoms with Gasteiger partial charge in [-0.25, -0.2) is 0 Å². The minimum atomic E-state index is 0.0815. The molecule has 25 heavy (non-hydrogen) atoms. The lowest BCUT2D eigenvalue weighted by Crippen LogP contribution is -2.35. The van der Waals surface area contributed by atoms with Crippen molar-refractivity contribution in [2.75, 3.05) is 26.2 Å². The molecular weight excluding hydrogens is 318 g/mol. The molecule has 0 N–H and O–H groups in total. The van der Waals surface area contributed by atoms with Gasteiger partial charge in [0.15, 0.2) is 5.65 Å². The maximum Gasteiger partial charge on any atom is 0.255 e. The van der Waals surface area contributed by atoms with Gasteiger partial charge in [0.2, 0.25) is 5.91 Å². The van der Waals surface area contributed by atoms with Crippen molar-refractivity contribution in [2.45, 2.75) is 38.5 Å². The molecule has 2 aliphatic heterocycles. The van der Waals surface area contributed by atoms with E-state index in [0.29, 0.717) is 12.1 Å². The Morgan fingerprint density at radius 2 is 1.84 bits per heavy atom. The van der Waals surface area contributed by atoms with Gasteiger partial charge in [-0.3, -0.25) is 14.0 Å². The molecule has 0 radical (unpaired) electrons. The Labute approximate surface area is 146 Å². The Morgan fingerprint density at radius 3 is 2.56 bits per heavy atom. The number of carbonyl (C=O) groups is 2. The SMILES string of the molecule is CC(=O)N1CC[C@@H](c2nnc3ccc(C(=O)N4CCCCC4)cn23)C1. The number of hydrogen-bond donors (Lipinski definition) is 0. The van der Waals surface area contributed by atoms with Crippen LogP contribution in [0, 0.1) is 0 Å². The van der Waals surface area contributed by atoms with Crippen molar-refractivity contribution in [3.8, 4) is 0 Å². The molecule has 2 aliphatic rings. The first kappa shape index (κ1) is 16.1. The number of rotatable bonds is 2. The molecule has 2 fully saturated rings. The number of aromatic nitrogens is 3. The molecule has 0 spiro atoms. The van der Waals surface area contributed by atoms with Gasteiger partial charge in [0.05, 0.1) is 5.56 Å². The predicted octanol–water partition coefficient (Wildman–Crippen LogP) is 1.69. The molecule has 4 heterocycles. The van der Waals surface area contributed by atoms with Crippen molar-refractivity contribution in [1.29, 1.82) is 0 Å². The first-order chi connectivity index (χ1) is 12.1. The van der Waals surface area contributed by atoms with E-state index in [4.69, 9.17) is 0 Å². The summed E-state index contributed by atoms with van der Waals surface area (Å²) in [6.07, 6.45) is 6.10. The monoisotopic (exact) mass is 341 g/mol. The topological polar surface area (TPSA) is 70.8 Å². The highest BCUT2D eigenvalue weighted by Crippen LogP contribution is 2.26. The third-order valence-electron chi connectivity index (χ3n) is 5.32. The van der Waals surface area contributed by atoms with Crippen molar-refractivity contribution in [3.05, 3.63) is 29.7 Å². The quantitative estimate of drug-likeness (QED) is 0.833. The van der Waals surface area contributed by atoms with Gasteiger partial charge in [-0.2, -0.15) is 0 Å². The third kappa shape index (κ3) is 2.99. The number of carbonyl (C=O) groups excluding carboxylic acids is 2. The van der Waals surface area contributed by atoms with E-state index in [-0.39, 0.29) is 17.7 Å². The Kier molecular flexibility index (Phi) is 4.15. The van der Waals surface area contributed by atoms with Crippen LogP contribution in [0.4, 0.5) is 0 Å². The number of nitrogens with zero attached hydrogens (tertiary/aromatic N) is 5. The maximum atomic E-state index is 12.8. The number of hydrogen-bond acceptors (Lipinski definition) is 4. The summed E-state index contributed by atoms with van der Waals surface area (Å²) in [6, 6.07) is 3.69. The molecule has 0 unspecified atom stereocenters. The van der Waals surface area contributed by atoms with Crippen molar-refractivity contribution in [3.63, 3.8) is 0 Å². The molecule has 1 atom stereocenters. The zero-order valence-electron chi connectivity index (χ0n) is 14.5. The van der Waals surface area contributed by atoms with Crippen LogP contribution in [0.3, 0.4) is 0 Å². The van der Waals surface area contributed by atoms with E-state index in [0.717, 1.165) is 50.4 Å². The summed E-state index contributed by atoms with van der Waals surface area (Å²) in [5.41, 5.74) is 1.42. The fourth-order valence-electron chi connectivity index (χ4n) is 3.85. The average Bonchev–Trinajstić information content (AvgIpc) is 3.28. The molecule has 0 aromatic carbocycles. The van der Waals surface area contributed by atoms with Gasteiger partial charge in [0.1, 0.15) is 5.82 Å². The Bertz CT molecular complexity index is 809. The van der Waals surface area contributed by atoms with Crippen LogP contribution in [0.25, 0.3) is 5.65 Å². The first-order valence-electron chi connectivity index (χ1n) is 9.03. The second-order valence-corrected chi connectivity index (χ2v) is 7.01. The number of pyridine rings is 1. The summed E-state index contributed by atoms with van der Waals surface area (Å²) in [5.74, 6) is 1.18. The van der Waals surface area contributed by atoms with Gasteiger partial charge in [0, 0.05) is 45.2 Å². The average molecular weight is 341 g/mol. The van der Waals surface area contributed by atoms with Crippen LogP contribution >= 0.6 is 0 Å². The van der Waals surface area contributed by atoms with Crippen molar-refractivity contribution in [1.82, 2.24) is 24.4 Å². The first-order valence-corrected chi connectivity index (χ1v) is 9.03. The fourth-order valence-corrected chi connectivity index (χ4v) is 3.85. The molecule has 132 valence electrons. The van der Waals surface area contributed by atoms with Gasteiger partial charge >= 0.3 is 0 Å². The summed E-state index contributed by atoms with van der Waals surface area (Å²) >= 11 is 0. The number of piperidine rings is 1. The lowest BCUT2D eigenvalue weighted by atomic mass is 10.1. The second kappa shape index (κ2) is 6.46. The lowest BCUT2D eigenvalue weighted by molar-refractivity contribution is -0.127. The number of likely N-dealkylation sites (tertiary alicyclic amines) is 2. The molecule has 0 bridgehead atoms. The summed E-state index contributed by atoms with van der Waals surface area (Å²) in [6.45, 7) is 4.69. The smallest absolute Gasteiger partial charge is 0.255 e. The van der Waals surface area contributed by atoms with E-state index in [9.17, 15) is 9.59 Å². The van der Waals surface area contributed by atoms with Gasteiger partial charge in [-0.05, 0) is 37.8 Å². The molecule has 4 rings (SSSR count). The van der Waals surface area contributed by atoms with Crippen molar-refractivity contribution >= 4 is 17.5 Å². The zero-order chi connectivity index (χ0) is 17.4. The second-order valence-electron chi connectivity index (χ2n) is 7.01. The standard InChI is InChI=1S/C18H23N5O2/c1-13(24)22-10-7-14(11-22)17-20-19-16-6-5-15(12-23(16)17)18(25)21-8-3-2-4-9-21/h5-6,12,14H,2-4,7-11H2,1H3/t14-/m1/s1. The lowest BCUT2D eigenvalue weighted by Gasteiger charge is -2.26. The molecule has 0 saturated carbocycles. The van der Waals surface area contributed by atoms with Crippen LogP contribution in [0.2, 0.25) is 0 Å². The van der Waals surface area contributed by atoms with Gasteiger partial charge < -0.3 is 9.80 Å². The van der Waals surface area contributed by atoms with E-state index in [1.54, 1.807) is 6.92 Å². The van der Waals surface area contributed by atoms with E-state index in [1.165, 1.54) is 6.42 Å². The van der Waals surface area contributed by atoms with Crippen LogP contribution in [0.1, 0.15) is 54.7 Å². The summed E-state index contributed by atoms with van der Waals surface area (Å²) in [5, 5.41) is 8.56. The van der Waals surface area contributed by atoms with E-state index in [2.05, 4.69) is 10.2 Å². The zero-order valence-corrected chi connectivity index (χ0v) is 14.5. The summed E-state index contributed by atoms with van der Waals surface area (Å²) < 4.78 is 1.92. The minimum Gasteiger partial charge on any atom is -0.342 e. The highest BCUT2D eigenvalue weighted by atomic mass is 16.2. The molecule has 0 aliphatic carbocycles. The Morgan fingerprint density at radius 1 is 1.04 bits per heavy atom. The summed E-state index contributed by atoms with van der Waals surface area (Å²) in [4.78, 5) is 28.1. The van der Waals surface area contributed by atoms with E-state index >= 15 is 0 Å². The van der Waals surface area contributed by atoms with Crippen molar-refractivity contribution < 1.29 is 9.59 Å². The molecule has 2 aromatic heterocycles. The Hall–Kier alpha value is -2.44. The molecule has 2 amide bonds. The normalized spacial score (nSPS) is 21.1. The van der Waals surface area contributed by atoms with Gasteiger partial charge in [-0.1, -0.05) is 0 Å². The fraction of sp³-hybridized carbons (Fsp3) is 0.556. The third-order valence-corrected chi connectivity index (χ3v) is 5.32. The van der Waals surface area contributed by atoms with Crippen LogP contribution in [0.5, 0.6) is 0 Å².